The average Bonchev–Trinajstić information content (AvgIpc) is 2.77. The number of rotatable bonds is 2. The van der Waals surface area contributed by atoms with Gasteiger partial charge in [0.05, 0.1) is 11.9 Å². The Labute approximate surface area is 106 Å². The summed E-state index contributed by atoms with van der Waals surface area (Å²) in [6.45, 7) is 4.25. The Balaban J connectivity index is 2.15. The van der Waals surface area contributed by atoms with Crippen molar-refractivity contribution >= 4 is 5.65 Å². The molecule has 3 aromatic rings. The molecule has 0 atom stereocenters. The summed E-state index contributed by atoms with van der Waals surface area (Å²) in [4.78, 5) is 8.74. The number of aromatic nitrogens is 3. The van der Waals surface area contributed by atoms with Crippen molar-refractivity contribution < 1.29 is 0 Å². The van der Waals surface area contributed by atoms with Crippen molar-refractivity contribution in [2.45, 2.75) is 20.3 Å². The zero-order valence-corrected chi connectivity index (χ0v) is 10.6. The number of aryl methyl sites for hydroxylation is 2. The van der Waals surface area contributed by atoms with Crippen LogP contribution in [0.15, 0.2) is 42.9 Å². The van der Waals surface area contributed by atoms with Crippen molar-refractivity contribution in [2.75, 3.05) is 0 Å². The smallest absolute Gasteiger partial charge is 0.156 e. The Hall–Kier alpha value is -2.16. The fourth-order valence-corrected chi connectivity index (χ4v) is 2.20. The molecule has 0 N–H and O–H groups in total. The van der Waals surface area contributed by atoms with E-state index in [-0.39, 0.29) is 0 Å². The van der Waals surface area contributed by atoms with Crippen LogP contribution >= 0.6 is 0 Å². The summed E-state index contributed by atoms with van der Waals surface area (Å²) in [5.74, 6) is 0. The van der Waals surface area contributed by atoms with E-state index in [4.69, 9.17) is 0 Å². The maximum absolute atomic E-state index is 4.64. The van der Waals surface area contributed by atoms with Crippen LogP contribution in [0.1, 0.15) is 18.2 Å². The van der Waals surface area contributed by atoms with Crippen LogP contribution in [0.5, 0.6) is 0 Å². The molecule has 0 radical (unpaired) electrons. The molecule has 2 aromatic heterocycles. The van der Waals surface area contributed by atoms with Gasteiger partial charge in [0.25, 0.3) is 0 Å². The van der Waals surface area contributed by atoms with Gasteiger partial charge >= 0.3 is 0 Å². The van der Waals surface area contributed by atoms with Crippen LogP contribution in [-0.2, 0) is 6.42 Å². The third kappa shape index (κ3) is 1.68. The minimum Gasteiger partial charge on any atom is -0.301 e. The molecule has 0 saturated carbocycles. The van der Waals surface area contributed by atoms with Gasteiger partial charge in [-0.2, -0.15) is 0 Å². The molecule has 0 fully saturated rings. The van der Waals surface area contributed by atoms with Crippen LogP contribution in [0.3, 0.4) is 0 Å². The van der Waals surface area contributed by atoms with E-state index in [2.05, 4.69) is 52.5 Å². The number of fused-ring (bicyclic) bond motifs is 1. The molecule has 0 bridgehead atoms. The van der Waals surface area contributed by atoms with E-state index in [0.717, 1.165) is 29.0 Å². The van der Waals surface area contributed by atoms with Gasteiger partial charge in [0.1, 0.15) is 0 Å². The van der Waals surface area contributed by atoms with E-state index in [9.17, 15) is 0 Å². The van der Waals surface area contributed by atoms with Crippen molar-refractivity contribution in [2.24, 2.45) is 0 Å². The highest BCUT2D eigenvalue weighted by molar-refractivity contribution is 5.66. The summed E-state index contributed by atoms with van der Waals surface area (Å²) < 4.78 is 2.07. The molecular formula is C15H15N3. The Bertz CT molecular complexity index is 681. The molecule has 0 aliphatic carbocycles. The third-order valence-corrected chi connectivity index (χ3v) is 3.30. The first-order valence-electron chi connectivity index (χ1n) is 6.17. The van der Waals surface area contributed by atoms with Crippen molar-refractivity contribution in [3.8, 4) is 11.3 Å². The number of imidazole rings is 1. The molecule has 0 saturated heterocycles. The van der Waals surface area contributed by atoms with Gasteiger partial charge < -0.3 is 4.40 Å². The van der Waals surface area contributed by atoms with Gasteiger partial charge in [0.2, 0.25) is 0 Å². The minimum absolute atomic E-state index is 0.893. The standard InChI is InChI=1S/C15H15N3/c1-3-12-4-6-13(7-5-12)15-11(2)18-9-8-16-10-14(18)17-15/h4-10H,3H2,1-2H3. The molecule has 0 aliphatic rings. The van der Waals surface area contributed by atoms with Crippen LogP contribution in [0, 0.1) is 6.92 Å². The van der Waals surface area contributed by atoms with Gasteiger partial charge in [0, 0.05) is 23.7 Å². The lowest BCUT2D eigenvalue weighted by Crippen LogP contribution is -1.87. The van der Waals surface area contributed by atoms with Crippen molar-refractivity contribution in [3.05, 3.63) is 54.1 Å². The molecule has 3 nitrogen and oxygen atoms in total. The first-order valence-corrected chi connectivity index (χ1v) is 6.17. The second-order valence-electron chi connectivity index (χ2n) is 4.40. The monoisotopic (exact) mass is 237 g/mol. The van der Waals surface area contributed by atoms with E-state index in [1.165, 1.54) is 5.56 Å². The Morgan fingerprint density at radius 3 is 2.61 bits per heavy atom. The maximum atomic E-state index is 4.64. The fourth-order valence-electron chi connectivity index (χ4n) is 2.20. The topological polar surface area (TPSA) is 30.2 Å². The lowest BCUT2D eigenvalue weighted by Gasteiger charge is -2.01. The summed E-state index contributed by atoms with van der Waals surface area (Å²) in [5.41, 5.74) is 5.59. The van der Waals surface area contributed by atoms with Crippen molar-refractivity contribution in [1.82, 2.24) is 14.4 Å². The highest BCUT2D eigenvalue weighted by Crippen LogP contribution is 2.23. The lowest BCUT2D eigenvalue weighted by molar-refractivity contribution is 1.07. The van der Waals surface area contributed by atoms with E-state index in [1.807, 2.05) is 6.20 Å². The van der Waals surface area contributed by atoms with Crippen LogP contribution in [-0.4, -0.2) is 14.4 Å². The first kappa shape index (κ1) is 11.0. The van der Waals surface area contributed by atoms with E-state index in [0.29, 0.717) is 0 Å². The SMILES string of the molecule is CCc1ccc(-c2nc3cnccn3c2C)cc1. The summed E-state index contributed by atoms with van der Waals surface area (Å²) >= 11 is 0. The average molecular weight is 237 g/mol. The van der Waals surface area contributed by atoms with Gasteiger partial charge in [-0.15, -0.1) is 0 Å². The molecular weight excluding hydrogens is 222 g/mol. The first-order chi connectivity index (χ1) is 8.79. The summed E-state index contributed by atoms with van der Waals surface area (Å²) in [5, 5.41) is 0. The minimum atomic E-state index is 0.893. The fraction of sp³-hybridized carbons (Fsp3) is 0.200. The largest absolute Gasteiger partial charge is 0.301 e. The van der Waals surface area contributed by atoms with Crippen LogP contribution in [0.4, 0.5) is 0 Å². The zero-order chi connectivity index (χ0) is 12.5. The number of hydrogen-bond acceptors (Lipinski definition) is 2. The van der Waals surface area contributed by atoms with E-state index in [1.54, 1.807) is 12.4 Å². The Kier molecular flexibility index (Phi) is 2.59. The molecule has 0 amide bonds. The van der Waals surface area contributed by atoms with Crippen LogP contribution in [0.2, 0.25) is 0 Å². The summed E-state index contributed by atoms with van der Waals surface area (Å²) in [7, 11) is 0. The van der Waals surface area contributed by atoms with E-state index >= 15 is 0 Å². The van der Waals surface area contributed by atoms with Gasteiger partial charge in [0.15, 0.2) is 5.65 Å². The highest BCUT2D eigenvalue weighted by Gasteiger charge is 2.09. The molecule has 0 aliphatic heterocycles. The number of nitrogens with zero attached hydrogens (tertiary/aromatic N) is 3. The summed E-state index contributed by atoms with van der Waals surface area (Å²) in [6, 6.07) is 8.61. The van der Waals surface area contributed by atoms with Gasteiger partial charge in [-0.25, -0.2) is 4.98 Å². The van der Waals surface area contributed by atoms with Crippen LogP contribution < -0.4 is 0 Å². The molecule has 18 heavy (non-hydrogen) atoms. The van der Waals surface area contributed by atoms with E-state index < -0.39 is 0 Å². The van der Waals surface area contributed by atoms with Crippen LogP contribution in [0.25, 0.3) is 16.9 Å². The Morgan fingerprint density at radius 2 is 1.94 bits per heavy atom. The van der Waals surface area contributed by atoms with Crippen molar-refractivity contribution in [1.29, 1.82) is 0 Å². The highest BCUT2D eigenvalue weighted by atomic mass is 15.0. The van der Waals surface area contributed by atoms with Gasteiger partial charge in [-0.1, -0.05) is 31.2 Å². The second kappa shape index (κ2) is 4.26. The molecule has 1 aromatic carbocycles. The predicted octanol–water partition coefficient (Wildman–Crippen LogP) is 3.27. The second-order valence-corrected chi connectivity index (χ2v) is 4.40. The predicted molar refractivity (Wildman–Crippen MR) is 72.5 cm³/mol. The molecule has 90 valence electrons. The molecule has 0 unspecified atom stereocenters. The maximum Gasteiger partial charge on any atom is 0.156 e. The lowest BCUT2D eigenvalue weighted by atomic mass is 10.1. The van der Waals surface area contributed by atoms with Gasteiger partial charge in [-0.3, -0.25) is 4.98 Å². The third-order valence-electron chi connectivity index (χ3n) is 3.30. The molecule has 3 heteroatoms. The summed E-state index contributed by atoms with van der Waals surface area (Å²) in [6.07, 6.45) is 6.58. The number of benzene rings is 1. The normalized spacial score (nSPS) is 11.0. The number of hydrogen-bond donors (Lipinski definition) is 0. The zero-order valence-electron chi connectivity index (χ0n) is 10.6. The van der Waals surface area contributed by atoms with Crippen molar-refractivity contribution in [3.63, 3.8) is 0 Å². The molecule has 2 heterocycles. The molecule has 0 spiro atoms. The van der Waals surface area contributed by atoms with Gasteiger partial charge in [-0.05, 0) is 18.9 Å². The Morgan fingerprint density at radius 1 is 1.17 bits per heavy atom. The quantitative estimate of drug-likeness (QED) is 0.684. The molecule has 3 rings (SSSR count).